The summed E-state index contributed by atoms with van der Waals surface area (Å²) in [6.07, 6.45) is 3.42. The fraction of sp³-hybridized carbons (Fsp3) is 0.370. The fourth-order valence-electron chi connectivity index (χ4n) is 4.18. The van der Waals surface area contributed by atoms with E-state index in [-0.39, 0.29) is 36.1 Å². The van der Waals surface area contributed by atoms with Gasteiger partial charge in [0, 0.05) is 23.0 Å². The van der Waals surface area contributed by atoms with Crippen LogP contribution in [0.2, 0.25) is 0 Å². The van der Waals surface area contributed by atoms with E-state index in [1.54, 1.807) is 11.4 Å². The highest BCUT2D eigenvalue weighted by Gasteiger charge is 2.29. The quantitative estimate of drug-likeness (QED) is 0.435. The van der Waals surface area contributed by atoms with E-state index in [0.717, 1.165) is 31.4 Å². The third-order valence-corrected chi connectivity index (χ3v) is 7.00. The molecule has 0 unspecified atom stereocenters. The van der Waals surface area contributed by atoms with Gasteiger partial charge in [-0.3, -0.25) is 9.59 Å². The van der Waals surface area contributed by atoms with Crippen molar-refractivity contribution in [2.45, 2.75) is 64.1 Å². The number of thiazole rings is 1. The second-order valence-electron chi connectivity index (χ2n) is 9.09. The second kappa shape index (κ2) is 11.4. The first-order valence-corrected chi connectivity index (χ1v) is 12.8. The zero-order valence-electron chi connectivity index (χ0n) is 19.9. The summed E-state index contributed by atoms with van der Waals surface area (Å²) >= 11 is 1.38. The van der Waals surface area contributed by atoms with Crippen molar-refractivity contribution in [1.82, 2.24) is 15.6 Å². The van der Waals surface area contributed by atoms with Crippen LogP contribution in [-0.4, -0.2) is 28.9 Å². The largest absolute Gasteiger partial charge is 0.486 e. The molecule has 2 aromatic carbocycles. The monoisotopic (exact) mass is 495 g/mol. The van der Waals surface area contributed by atoms with Crippen molar-refractivity contribution in [2.24, 2.45) is 0 Å². The standard InChI is InChI=1S/C27H30FN3O3S/c1-17(2)18-10-12-21(13-11-18)34-15-25-29-24(16-35-25)27(33)31-23-9-4-3-8-22(23)30-26(32)19-6-5-7-20(28)14-19/h5-7,10-14,16-17,22-23H,3-4,8-9,15H2,1-2H3,(H,30,32)(H,31,33)/t22-,23+/m0/s1. The third-order valence-electron chi connectivity index (χ3n) is 6.18. The Morgan fingerprint density at radius 2 is 1.74 bits per heavy atom. The van der Waals surface area contributed by atoms with Crippen LogP contribution in [0.15, 0.2) is 53.9 Å². The molecule has 2 amide bonds. The van der Waals surface area contributed by atoms with E-state index in [4.69, 9.17) is 4.74 Å². The molecule has 0 saturated heterocycles. The lowest BCUT2D eigenvalue weighted by atomic mass is 9.90. The third kappa shape index (κ3) is 6.66. The molecule has 2 N–H and O–H groups in total. The van der Waals surface area contributed by atoms with Crippen LogP contribution < -0.4 is 15.4 Å². The Morgan fingerprint density at radius 3 is 2.40 bits per heavy atom. The summed E-state index contributed by atoms with van der Waals surface area (Å²) in [5.74, 6) is 0.148. The molecule has 8 heteroatoms. The first-order chi connectivity index (χ1) is 16.9. The van der Waals surface area contributed by atoms with Crippen molar-refractivity contribution in [3.05, 3.63) is 81.6 Å². The van der Waals surface area contributed by atoms with Crippen LogP contribution in [0, 0.1) is 5.82 Å². The molecule has 0 radical (unpaired) electrons. The molecule has 1 fully saturated rings. The topological polar surface area (TPSA) is 80.3 Å². The van der Waals surface area contributed by atoms with E-state index in [1.807, 2.05) is 24.3 Å². The van der Waals surface area contributed by atoms with Crippen molar-refractivity contribution in [3.8, 4) is 5.75 Å². The molecule has 0 spiro atoms. The molecule has 6 nitrogen and oxygen atoms in total. The van der Waals surface area contributed by atoms with Gasteiger partial charge < -0.3 is 15.4 Å². The van der Waals surface area contributed by atoms with Gasteiger partial charge in [-0.1, -0.05) is 44.9 Å². The van der Waals surface area contributed by atoms with Crippen LogP contribution in [0.5, 0.6) is 5.75 Å². The highest BCUT2D eigenvalue weighted by molar-refractivity contribution is 7.09. The molecule has 4 rings (SSSR count). The molecule has 2 atom stereocenters. The van der Waals surface area contributed by atoms with Gasteiger partial charge in [0.15, 0.2) is 0 Å². The average molecular weight is 496 g/mol. The van der Waals surface area contributed by atoms with Crippen molar-refractivity contribution < 1.29 is 18.7 Å². The molecule has 1 aromatic heterocycles. The minimum absolute atomic E-state index is 0.213. The van der Waals surface area contributed by atoms with E-state index in [2.05, 4.69) is 29.5 Å². The summed E-state index contributed by atoms with van der Waals surface area (Å²) in [5.41, 5.74) is 1.85. The molecule has 1 saturated carbocycles. The van der Waals surface area contributed by atoms with Crippen molar-refractivity contribution >= 4 is 23.2 Å². The molecule has 0 aliphatic heterocycles. The van der Waals surface area contributed by atoms with Gasteiger partial charge >= 0.3 is 0 Å². The van der Waals surface area contributed by atoms with Gasteiger partial charge in [-0.25, -0.2) is 9.37 Å². The van der Waals surface area contributed by atoms with Gasteiger partial charge in [-0.05, 0) is 54.7 Å². The predicted octanol–water partition coefficient (Wildman–Crippen LogP) is 5.46. The minimum Gasteiger partial charge on any atom is -0.486 e. The Balaban J connectivity index is 1.32. The number of aromatic nitrogens is 1. The Bertz CT molecular complexity index is 1160. The summed E-state index contributed by atoms with van der Waals surface area (Å²) in [6.45, 7) is 4.58. The number of nitrogens with one attached hydrogen (secondary N) is 2. The Labute approximate surface area is 208 Å². The number of rotatable bonds is 8. The fourth-order valence-corrected chi connectivity index (χ4v) is 4.86. The lowest BCUT2D eigenvalue weighted by Crippen LogP contribution is -2.53. The van der Waals surface area contributed by atoms with Crippen LogP contribution in [0.1, 0.15) is 76.9 Å². The average Bonchev–Trinajstić information content (AvgIpc) is 3.33. The van der Waals surface area contributed by atoms with Crippen LogP contribution >= 0.6 is 11.3 Å². The number of hydrogen-bond donors (Lipinski definition) is 2. The smallest absolute Gasteiger partial charge is 0.271 e. The van der Waals surface area contributed by atoms with E-state index in [9.17, 15) is 14.0 Å². The Kier molecular flexibility index (Phi) is 8.13. The first-order valence-electron chi connectivity index (χ1n) is 11.9. The lowest BCUT2D eigenvalue weighted by Gasteiger charge is -2.32. The Morgan fingerprint density at radius 1 is 1.06 bits per heavy atom. The van der Waals surface area contributed by atoms with Gasteiger partial charge in [0.2, 0.25) is 0 Å². The summed E-state index contributed by atoms with van der Waals surface area (Å²) in [5, 5.41) is 8.43. The molecule has 3 aromatic rings. The summed E-state index contributed by atoms with van der Waals surface area (Å²) in [6, 6.07) is 13.1. The predicted molar refractivity (Wildman–Crippen MR) is 134 cm³/mol. The summed E-state index contributed by atoms with van der Waals surface area (Å²) in [4.78, 5) is 29.9. The number of nitrogens with zero attached hydrogens (tertiary/aromatic N) is 1. The lowest BCUT2D eigenvalue weighted by molar-refractivity contribution is 0.0860. The van der Waals surface area contributed by atoms with Crippen molar-refractivity contribution in [1.29, 1.82) is 0 Å². The normalized spacial score (nSPS) is 17.7. The van der Waals surface area contributed by atoms with E-state index in [1.165, 1.54) is 35.1 Å². The van der Waals surface area contributed by atoms with E-state index >= 15 is 0 Å². The summed E-state index contributed by atoms with van der Waals surface area (Å²) < 4.78 is 19.3. The molecule has 1 aliphatic rings. The maximum atomic E-state index is 13.5. The maximum absolute atomic E-state index is 13.5. The first kappa shape index (κ1) is 24.9. The molecule has 0 bridgehead atoms. The second-order valence-corrected chi connectivity index (χ2v) is 10.0. The molecular weight excluding hydrogens is 465 g/mol. The van der Waals surface area contributed by atoms with Crippen LogP contribution in [0.4, 0.5) is 4.39 Å². The Hall–Kier alpha value is -3.26. The molecule has 1 aliphatic carbocycles. The number of halogens is 1. The van der Waals surface area contributed by atoms with Crippen LogP contribution in [0.3, 0.4) is 0 Å². The van der Waals surface area contributed by atoms with Crippen LogP contribution in [0.25, 0.3) is 0 Å². The number of carbonyl (C=O) groups is 2. The van der Waals surface area contributed by atoms with Gasteiger partial charge in [0.1, 0.15) is 28.9 Å². The van der Waals surface area contributed by atoms with Gasteiger partial charge in [0.05, 0.1) is 0 Å². The van der Waals surface area contributed by atoms with Gasteiger partial charge in [-0.15, -0.1) is 11.3 Å². The maximum Gasteiger partial charge on any atom is 0.271 e. The van der Waals surface area contributed by atoms with Crippen molar-refractivity contribution in [2.75, 3.05) is 0 Å². The van der Waals surface area contributed by atoms with Gasteiger partial charge in [-0.2, -0.15) is 0 Å². The number of ether oxygens (including phenoxy) is 1. The zero-order valence-corrected chi connectivity index (χ0v) is 20.7. The van der Waals surface area contributed by atoms with E-state index < -0.39 is 5.82 Å². The van der Waals surface area contributed by atoms with Crippen molar-refractivity contribution in [3.63, 3.8) is 0 Å². The number of carbonyl (C=O) groups excluding carboxylic acids is 2. The molecule has 35 heavy (non-hydrogen) atoms. The van der Waals surface area contributed by atoms with E-state index in [0.29, 0.717) is 16.6 Å². The van der Waals surface area contributed by atoms with Gasteiger partial charge in [0.25, 0.3) is 11.8 Å². The highest BCUT2D eigenvalue weighted by atomic mass is 32.1. The zero-order chi connectivity index (χ0) is 24.8. The SMILES string of the molecule is CC(C)c1ccc(OCc2nc(C(=O)N[C@@H]3CCCC[C@@H]3NC(=O)c3cccc(F)c3)cs2)cc1. The highest BCUT2D eigenvalue weighted by Crippen LogP contribution is 2.22. The number of benzene rings is 2. The minimum atomic E-state index is -0.456. The molecule has 1 heterocycles. The number of amides is 2. The molecular formula is C27H30FN3O3S. The molecule has 184 valence electrons. The summed E-state index contributed by atoms with van der Waals surface area (Å²) in [7, 11) is 0. The van der Waals surface area contributed by atoms with Crippen LogP contribution in [-0.2, 0) is 6.61 Å². The number of hydrogen-bond acceptors (Lipinski definition) is 5.